The lowest BCUT2D eigenvalue weighted by Crippen LogP contribution is -2.25. The van der Waals surface area contributed by atoms with Crippen molar-refractivity contribution >= 4 is 6.41 Å². The van der Waals surface area contributed by atoms with Crippen LogP contribution in [0.25, 0.3) is 0 Å². The Labute approximate surface area is 83.6 Å². The fourth-order valence-corrected chi connectivity index (χ4v) is 1.27. The molecule has 0 aromatic heterocycles. The van der Waals surface area contributed by atoms with E-state index >= 15 is 0 Å². The molecule has 1 atom stereocenters. The van der Waals surface area contributed by atoms with E-state index in [1.807, 2.05) is 43.3 Å². The van der Waals surface area contributed by atoms with Crippen molar-refractivity contribution < 1.29 is 4.79 Å². The predicted molar refractivity (Wildman–Crippen MR) is 53.2 cm³/mol. The summed E-state index contributed by atoms with van der Waals surface area (Å²) in [6.45, 7) is 2.03. The Morgan fingerprint density at radius 2 is 2.14 bits per heavy atom. The number of carbonyl (C=O) groups is 1. The Bertz CT molecular complexity index is 329. The van der Waals surface area contributed by atoms with Gasteiger partial charge >= 0.3 is 0 Å². The Kier molecular flexibility index (Phi) is 3.69. The van der Waals surface area contributed by atoms with Crippen molar-refractivity contribution in [3.63, 3.8) is 0 Å². The van der Waals surface area contributed by atoms with Crippen LogP contribution in [0.5, 0.6) is 0 Å². The Balaban J connectivity index is 2.78. The highest BCUT2D eigenvalue weighted by Gasteiger charge is 2.12. The first-order chi connectivity index (χ1) is 6.79. The van der Waals surface area contributed by atoms with Gasteiger partial charge in [-0.05, 0) is 12.5 Å². The molecule has 0 radical (unpaired) electrons. The van der Waals surface area contributed by atoms with Gasteiger partial charge in [0.1, 0.15) is 6.54 Å². The molecule has 0 aliphatic rings. The van der Waals surface area contributed by atoms with Gasteiger partial charge in [0.05, 0.1) is 12.1 Å². The fourth-order valence-electron chi connectivity index (χ4n) is 1.27. The van der Waals surface area contributed by atoms with Crippen LogP contribution in [0, 0.1) is 11.3 Å². The highest BCUT2D eigenvalue weighted by molar-refractivity contribution is 5.49. The number of carbonyl (C=O) groups excluding carboxylic acids is 1. The molecule has 0 heterocycles. The summed E-state index contributed by atoms with van der Waals surface area (Å²) < 4.78 is 0. The molecule has 14 heavy (non-hydrogen) atoms. The number of nitriles is 1. The number of nitrogens with zero attached hydrogens (tertiary/aromatic N) is 2. The first kappa shape index (κ1) is 10.3. The molecule has 0 bridgehead atoms. The second-order valence-corrected chi connectivity index (χ2v) is 3.02. The summed E-state index contributed by atoms with van der Waals surface area (Å²) in [4.78, 5) is 12.2. The van der Waals surface area contributed by atoms with Crippen molar-refractivity contribution in [2.75, 3.05) is 6.54 Å². The van der Waals surface area contributed by atoms with Gasteiger partial charge in [0, 0.05) is 0 Å². The summed E-state index contributed by atoms with van der Waals surface area (Å²) in [7, 11) is 0. The third-order valence-electron chi connectivity index (χ3n) is 2.17. The molecule has 72 valence electrons. The number of amides is 1. The van der Waals surface area contributed by atoms with Crippen molar-refractivity contribution in [2.24, 2.45) is 0 Å². The van der Waals surface area contributed by atoms with Gasteiger partial charge in [0.25, 0.3) is 0 Å². The summed E-state index contributed by atoms with van der Waals surface area (Å²) in [5, 5.41) is 8.51. The van der Waals surface area contributed by atoms with Crippen LogP contribution in [0.4, 0.5) is 0 Å². The van der Waals surface area contributed by atoms with Crippen LogP contribution in [-0.2, 0) is 4.79 Å². The van der Waals surface area contributed by atoms with Gasteiger partial charge in [-0.1, -0.05) is 30.3 Å². The molecule has 0 saturated heterocycles. The predicted octanol–water partition coefficient (Wildman–Crippen LogP) is 1.73. The van der Waals surface area contributed by atoms with Gasteiger partial charge in [-0.15, -0.1) is 0 Å². The van der Waals surface area contributed by atoms with E-state index in [0.717, 1.165) is 5.56 Å². The smallest absolute Gasteiger partial charge is 0.211 e. The molecule has 0 aliphatic heterocycles. The second kappa shape index (κ2) is 5.03. The summed E-state index contributed by atoms with van der Waals surface area (Å²) in [6.07, 6.45) is 0.709. The van der Waals surface area contributed by atoms with Crippen LogP contribution in [0.1, 0.15) is 18.5 Å². The maximum Gasteiger partial charge on any atom is 0.211 e. The molecule has 3 nitrogen and oxygen atoms in total. The standard InChI is InChI=1S/C11H12N2O/c1-10(13(9-14)8-7-12)11-5-3-2-4-6-11/h2-6,9-10H,8H2,1H3. The fraction of sp³-hybridized carbons (Fsp3) is 0.273. The van der Waals surface area contributed by atoms with Crippen LogP contribution >= 0.6 is 0 Å². The molecule has 3 heteroatoms. The first-order valence-corrected chi connectivity index (χ1v) is 4.42. The quantitative estimate of drug-likeness (QED) is 0.533. The molecule has 0 spiro atoms. The number of hydrogen-bond donors (Lipinski definition) is 0. The summed E-state index contributed by atoms with van der Waals surface area (Å²) in [5.74, 6) is 0. The van der Waals surface area contributed by atoms with Crippen molar-refractivity contribution in [1.82, 2.24) is 4.90 Å². The summed E-state index contributed by atoms with van der Waals surface area (Å²) in [6, 6.07) is 11.6. The molecule has 1 aromatic rings. The van der Waals surface area contributed by atoms with Crippen LogP contribution in [0.3, 0.4) is 0 Å². The van der Waals surface area contributed by atoms with Crippen molar-refractivity contribution in [3.8, 4) is 6.07 Å². The van der Waals surface area contributed by atoms with E-state index in [0.29, 0.717) is 6.41 Å². The van der Waals surface area contributed by atoms with E-state index in [4.69, 9.17) is 5.26 Å². The van der Waals surface area contributed by atoms with Gasteiger partial charge < -0.3 is 4.90 Å². The lowest BCUT2D eigenvalue weighted by Gasteiger charge is -2.22. The van der Waals surface area contributed by atoms with Crippen LogP contribution < -0.4 is 0 Å². The van der Waals surface area contributed by atoms with E-state index in [1.54, 1.807) is 0 Å². The lowest BCUT2D eigenvalue weighted by atomic mass is 10.1. The summed E-state index contributed by atoms with van der Waals surface area (Å²) >= 11 is 0. The zero-order valence-electron chi connectivity index (χ0n) is 8.05. The third-order valence-corrected chi connectivity index (χ3v) is 2.17. The maximum absolute atomic E-state index is 10.7. The molecule has 1 aromatic carbocycles. The van der Waals surface area contributed by atoms with Crippen LogP contribution in [-0.4, -0.2) is 17.9 Å². The maximum atomic E-state index is 10.7. The average Bonchev–Trinajstić information content (AvgIpc) is 2.26. The van der Waals surface area contributed by atoms with E-state index in [-0.39, 0.29) is 12.6 Å². The van der Waals surface area contributed by atoms with E-state index in [1.165, 1.54) is 4.90 Å². The molecule has 1 unspecified atom stereocenters. The average molecular weight is 188 g/mol. The second-order valence-electron chi connectivity index (χ2n) is 3.02. The van der Waals surface area contributed by atoms with E-state index < -0.39 is 0 Å². The van der Waals surface area contributed by atoms with Gasteiger partial charge in [-0.3, -0.25) is 4.79 Å². The third kappa shape index (κ3) is 2.33. The first-order valence-electron chi connectivity index (χ1n) is 4.42. The highest BCUT2D eigenvalue weighted by atomic mass is 16.1. The van der Waals surface area contributed by atoms with Crippen molar-refractivity contribution in [3.05, 3.63) is 35.9 Å². The Morgan fingerprint density at radius 1 is 1.50 bits per heavy atom. The normalized spacial score (nSPS) is 11.4. The van der Waals surface area contributed by atoms with Crippen molar-refractivity contribution in [1.29, 1.82) is 5.26 Å². The minimum Gasteiger partial charge on any atom is -0.325 e. The lowest BCUT2D eigenvalue weighted by molar-refractivity contribution is -0.119. The zero-order chi connectivity index (χ0) is 10.4. The van der Waals surface area contributed by atoms with E-state index in [9.17, 15) is 4.79 Å². The van der Waals surface area contributed by atoms with Gasteiger partial charge in [0.2, 0.25) is 6.41 Å². The largest absolute Gasteiger partial charge is 0.325 e. The van der Waals surface area contributed by atoms with Gasteiger partial charge in [0.15, 0.2) is 0 Å². The molecule has 0 N–H and O–H groups in total. The minimum atomic E-state index is -0.0478. The molecule has 0 saturated carbocycles. The Morgan fingerprint density at radius 3 is 2.64 bits per heavy atom. The van der Waals surface area contributed by atoms with Gasteiger partial charge in [-0.2, -0.15) is 5.26 Å². The van der Waals surface area contributed by atoms with Crippen LogP contribution in [0.15, 0.2) is 30.3 Å². The minimum absolute atomic E-state index is 0.0478. The molecule has 0 aliphatic carbocycles. The Hall–Kier alpha value is -1.82. The van der Waals surface area contributed by atoms with E-state index in [2.05, 4.69) is 0 Å². The van der Waals surface area contributed by atoms with Crippen LogP contribution in [0.2, 0.25) is 0 Å². The molecular weight excluding hydrogens is 176 g/mol. The van der Waals surface area contributed by atoms with Gasteiger partial charge in [-0.25, -0.2) is 0 Å². The molecular formula is C11H12N2O. The zero-order valence-corrected chi connectivity index (χ0v) is 8.05. The number of hydrogen-bond acceptors (Lipinski definition) is 2. The number of rotatable bonds is 4. The molecule has 1 amide bonds. The topological polar surface area (TPSA) is 44.1 Å². The monoisotopic (exact) mass is 188 g/mol. The molecule has 1 rings (SSSR count). The van der Waals surface area contributed by atoms with Crippen molar-refractivity contribution in [2.45, 2.75) is 13.0 Å². The number of benzene rings is 1. The highest BCUT2D eigenvalue weighted by Crippen LogP contribution is 2.17. The molecule has 0 fully saturated rings. The summed E-state index contributed by atoms with van der Waals surface area (Å²) in [5.41, 5.74) is 1.04. The SMILES string of the molecule is CC(c1ccccc1)N(C=O)CC#N.